The Balaban J connectivity index is 2.00. The van der Waals surface area contributed by atoms with Gasteiger partial charge in [-0.2, -0.15) is 0 Å². The molecule has 6 heteroatoms. The molecule has 6 aromatic rings. The molecule has 2 radical (unpaired) electrons. The maximum atomic E-state index is 11.5. The van der Waals surface area contributed by atoms with Gasteiger partial charge in [-0.3, -0.25) is 0 Å². The number of hydrogen-bond acceptors (Lipinski definition) is 3. The molecule has 0 fully saturated rings. The van der Waals surface area contributed by atoms with E-state index in [1.54, 1.807) is 6.92 Å². The largest absolute Gasteiger partial charge is 0.508 e. The Morgan fingerprint density at radius 3 is 1.91 bits per heavy atom. The first-order valence-corrected chi connectivity index (χ1v) is 11.2. The Kier molecular flexibility index (Phi) is 4.07. The predicted molar refractivity (Wildman–Crippen MR) is 139 cm³/mol. The van der Waals surface area contributed by atoms with Gasteiger partial charge in [0, 0.05) is 39.7 Å². The highest BCUT2D eigenvalue weighted by Crippen LogP contribution is 2.49. The Bertz CT molecular complexity index is 1840. The minimum Gasteiger partial charge on any atom is -0.508 e. The van der Waals surface area contributed by atoms with Crippen molar-refractivity contribution in [3.63, 3.8) is 0 Å². The Labute approximate surface area is 197 Å². The standard InChI is InChI=1S/C28H23BN2O3/c1-13-14(2)23-21(28(34)22(13)29)17-10-6-8-12-19(17)31(23)25-20-16-9-5-7-11-18(16)30(4)24(20)26(32)15(3)27(25)33/h5-12,32-34H,1-4H3. The highest BCUT2D eigenvalue weighted by Gasteiger charge is 2.27. The number of para-hydroxylation sites is 2. The number of aromatic hydroxyl groups is 3. The third kappa shape index (κ3) is 2.30. The molecular formula is C28H23BN2O3. The zero-order chi connectivity index (χ0) is 24.0. The molecule has 6 rings (SSSR count). The van der Waals surface area contributed by atoms with Crippen molar-refractivity contribution in [1.82, 2.24) is 9.13 Å². The topological polar surface area (TPSA) is 70.6 Å². The number of fused-ring (bicyclic) bond motifs is 6. The Morgan fingerprint density at radius 1 is 0.647 bits per heavy atom. The van der Waals surface area contributed by atoms with E-state index < -0.39 is 0 Å². The van der Waals surface area contributed by atoms with Gasteiger partial charge in [0.05, 0.1) is 22.2 Å². The van der Waals surface area contributed by atoms with Crippen molar-refractivity contribution in [2.45, 2.75) is 20.8 Å². The molecule has 2 heterocycles. The molecule has 0 unspecified atom stereocenters. The van der Waals surface area contributed by atoms with Crippen LogP contribution in [0.1, 0.15) is 16.7 Å². The van der Waals surface area contributed by atoms with Crippen LogP contribution in [0.25, 0.3) is 49.3 Å². The lowest BCUT2D eigenvalue weighted by Gasteiger charge is -2.18. The first-order chi connectivity index (χ1) is 16.3. The van der Waals surface area contributed by atoms with Gasteiger partial charge >= 0.3 is 0 Å². The monoisotopic (exact) mass is 446 g/mol. The molecule has 0 spiro atoms. The van der Waals surface area contributed by atoms with Crippen molar-refractivity contribution in [2.75, 3.05) is 0 Å². The summed E-state index contributed by atoms with van der Waals surface area (Å²) in [6.45, 7) is 5.58. The van der Waals surface area contributed by atoms with Crippen LogP contribution in [0.4, 0.5) is 0 Å². The number of rotatable bonds is 1. The molecule has 0 aliphatic carbocycles. The minimum atomic E-state index is -0.00243. The number of aromatic nitrogens is 2. The van der Waals surface area contributed by atoms with Crippen LogP contribution >= 0.6 is 0 Å². The molecule has 34 heavy (non-hydrogen) atoms. The molecule has 3 N–H and O–H groups in total. The lowest BCUT2D eigenvalue weighted by Crippen LogP contribution is -2.11. The van der Waals surface area contributed by atoms with Gasteiger partial charge in [-0.15, -0.1) is 0 Å². The maximum absolute atomic E-state index is 11.5. The summed E-state index contributed by atoms with van der Waals surface area (Å²) in [7, 11) is 8.20. The highest BCUT2D eigenvalue weighted by atomic mass is 16.3. The van der Waals surface area contributed by atoms with Crippen LogP contribution in [0.2, 0.25) is 0 Å². The second kappa shape index (κ2) is 6.73. The van der Waals surface area contributed by atoms with Gasteiger partial charge in [-0.05, 0) is 44.0 Å². The number of aryl methyl sites for hydroxylation is 2. The number of phenolic OH excluding ortho intramolecular Hbond substituents is 3. The van der Waals surface area contributed by atoms with Crippen LogP contribution in [-0.2, 0) is 7.05 Å². The fourth-order valence-corrected chi connectivity index (χ4v) is 5.47. The van der Waals surface area contributed by atoms with Gasteiger partial charge in [-0.25, -0.2) is 0 Å². The van der Waals surface area contributed by atoms with Gasteiger partial charge in [0.15, 0.2) is 0 Å². The SMILES string of the molecule is [B]c1c(C)c(C)c2c(c1O)c1ccccc1n2-c1c(O)c(C)c(O)c2c1c1ccccc1n2C. The van der Waals surface area contributed by atoms with Gasteiger partial charge in [0.25, 0.3) is 0 Å². The van der Waals surface area contributed by atoms with Crippen molar-refractivity contribution >= 4 is 56.9 Å². The van der Waals surface area contributed by atoms with E-state index in [0.717, 1.165) is 43.8 Å². The molecule has 0 amide bonds. The van der Waals surface area contributed by atoms with Crippen molar-refractivity contribution in [2.24, 2.45) is 7.05 Å². The predicted octanol–water partition coefficient (Wildman–Crippen LogP) is 5.26. The molecule has 166 valence electrons. The summed E-state index contributed by atoms with van der Waals surface area (Å²) in [6, 6.07) is 15.7. The number of benzene rings is 4. The molecule has 0 saturated heterocycles. The Hall–Kier alpha value is -4.06. The van der Waals surface area contributed by atoms with E-state index in [1.807, 2.05) is 78.6 Å². The highest BCUT2D eigenvalue weighted by molar-refractivity contribution is 6.38. The first kappa shape index (κ1) is 20.5. The van der Waals surface area contributed by atoms with Crippen LogP contribution in [-0.4, -0.2) is 32.3 Å². The van der Waals surface area contributed by atoms with Crippen molar-refractivity contribution in [3.8, 4) is 22.9 Å². The lowest BCUT2D eigenvalue weighted by atomic mass is 9.85. The first-order valence-electron chi connectivity index (χ1n) is 11.2. The van der Waals surface area contributed by atoms with Crippen LogP contribution in [0.5, 0.6) is 17.2 Å². The van der Waals surface area contributed by atoms with Crippen molar-refractivity contribution in [3.05, 3.63) is 65.2 Å². The quantitative estimate of drug-likeness (QED) is 0.302. The third-order valence-corrected chi connectivity index (χ3v) is 7.41. The minimum absolute atomic E-state index is 0.00243. The van der Waals surface area contributed by atoms with E-state index in [4.69, 9.17) is 7.85 Å². The average Bonchev–Trinajstić information content (AvgIpc) is 3.34. The second-order valence-electron chi connectivity index (χ2n) is 9.06. The van der Waals surface area contributed by atoms with E-state index in [9.17, 15) is 15.3 Å². The average molecular weight is 446 g/mol. The van der Waals surface area contributed by atoms with E-state index in [1.165, 1.54) is 0 Å². The van der Waals surface area contributed by atoms with Crippen LogP contribution in [0.3, 0.4) is 0 Å². The summed E-state index contributed by atoms with van der Waals surface area (Å²) in [5.41, 5.74) is 6.22. The summed E-state index contributed by atoms with van der Waals surface area (Å²) >= 11 is 0. The zero-order valence-electron chi connectivity index (χ0n) is 19.4. The lowest BCUT2D eigenvalue weighted by molar-refractivity contribution is 0.445. The van der Waals surface area contributed by atoms with E-state index in [0.29, 0.717) is 27.6 Å². The van der Waals surface area contributed by atoms with E-state index >= 15 is 0 Å². The van der Waals surface area contributed by atoms with Crippen LogP contribution in [0, 0.1) is 20.8 Å². The molecule has 0 saturated carbocycles. The molecule has 5 nitrogen and oxygen atoms in total. The molecule has 0 bridgehead atoms. The Morgan fingerprint density at radius 2 is 1.24 bits per heavy atom. The summed E-state index contributed by atoms with van der Waals surface area (Å²) < 4.78 is 3.96. The fraction of sp³-hybridized carbons (Fsp3) is 0.143. The van der Waals surface area contributed by atoms with Crippen molar-refractivity contribution in [1.29, 1.82) is 0 Å². The second-order valence-corrected chi connectivity index (χ2v) is 9.06. The van der Waals surface area contributed by atoms with Gasteiger partial charge < -0.3 is 24.5 Å². The smallest absolute Gasteiger partial charge is 0.146 e. The molecule has 0 aliphatic heterocycles. The van der Waals surface area contributed by atoms with Gasteiger partial charge in [0.1, 0.15) is 25.1 Å². The maximum Gasteiger partial charge on any atom is 0.146 e. The summed E-state index contributed by atoms with van der Waals surface area (Å²) in [6.07, 6.45) is 0. The zero-order valence-corrected chi connectivity index (χ0v) is 19.4. The molecule has 2 aromatic heterocycles. The normalized spacial score (nSPS) is 12.0. The summed E-state index contributed by atoms with van der Waals surface area (Å²) in [5.74, 6) is 0.0882. The van der Waals surface area contributed by atoms with Gasteiger partial charge in [0.2, 0.25) is 0 Å². The number of hydrogen-bond donors (Lipinski definition) is 3. The van der Waals surface area contributed by atoms with Crippen LogP contribution < -0.4 is 5.46 Å². The summed E-state index contributed by atoms with van der Waals surface area (Å²) in [4.78, 5) is 0. The molecule has 0 atom stereocenters. The molecule has 0 aliphatic rings. The van der Waals surface area contributed by atoms with Gasteiger partial charge in [-0.1, -0.05) is 41.9 Å². The molecule has 4 aromatic carbocycles. The number of nitrogens with zero attached hydrogens (tertiary/aromatic N) is 2. The molecular weight excluding hydrogens is 423 g/mol. The third-order valence-electron chi connectivity index (χ3n) is 7.41. The van der Waals surface area contributed by atoms with Crippen LogP contribution in [0.15, 0.2) is 48.5 Å². The fourth-order valence-electron chi connectivity index (χ4n) is 5.47. The summed E-state index contributed by atoms with van der Waals surface area (Å²) in [5, 5.41) is 36.9. The number of phenols is 3. The van der Waals surface area contributed by atoms with Crippen molar-refractivity contribution < 1.29 is 15.3 Å². The van der Waals surface area contributed by atoms with E-state index in [-0.39, 0.29) is 17.2 Å². The van der Waals surface area contributed by atoms with E-state index in [2.05, 4.69) is 0 Å².